The summed E-state index contributed by atoms with van der Waals surface area (Å²) in [5, 5.41) is 10.2. The number of aliphatic hydroxyl groups excluding tert-OH is 1. The molecule has 2 aromatic rings. The number of pyridine rings is 1. The van der Waals surface area contributed by atoms with Gasteiger partial charge in [-0.25, -0.2) is 4.98 Å². The zero-order valence-corrected chi connectivity index (χ0v) is 9.80. The molecule has 2 rings (SSSR count). The fourth-order valence-electron chi connectivity index (χ4n) is 1.96. The van der Waals surface area contributed by atoms with Gasteiger partial charge in [0, 0.05) is 18.2 Å². The van der Waals surface area contributed by atoms with Crippen LogP contribution in [0.15, 0.2) is 42.6 Å². The molecule has 3 N–H and O–H groups in total. The fraction of sp³-hybridized carbons (Fsp3) is 0.214. The summed E-state index contributed by atoms with van der Waals surface area (Å²) in [7, 11) is 0. The number of nitrogens with two attached hydrogens (primary N) is 1. The first-order chi connectivity index (χ1) is 8.18. The van der Waals surface area contributed by atoms with Crippen LogP contribution in [0.25, 0.3) is 0 Å². The molecule has 17 heavy (non-hydrogen) atoms. The highest BCUT2D eigenvalue weighted by Crippen LogP contribution is 2.25. The van der Waals surface area contributed by atoms with Crippen molar-refractivity contribution >= 4 is 5.82 Å². The van der Waals surface area contributed by atoms with Crippen LogP contribution in [-0.4, -0.2) is 10.1 Å². The van der Waals surface area contributed by atoms with Crippen molar-refractivity contribution in [3.63, 3.8) is 0 Å². The van der Waals surface area contributed by atoms with Crippen LogP contribution in [0.4, 0.5) is 5.82 Å². The van der Waals surface area contributed by atoms with Crippen LogP contribution in [0.2, 0.25) is 0 Å². The number of aromatic nitrogens is 1. The van der Waals surface area contributed by atoms with E-state index in [0.717, 1.165) is 16.7 Å². The summed E-state index contributed by atoms with van der Waals surface area (Å²) in [5.41, 5.74) is 8.60. The van der Waals surface area contributed by atoms with Gasteiger partial charge in [-0.05, 0) is 24.1 Å². The van der Waals surface area contributed by atoms with Crippen LogP contribution in [-0.2, 0) is 6.42 Å². The summed E-state index contributed by atoms with van der Waals surface area (Å²) in [5.74, 6) is 0.411. The van der Waals surface area contributed by atoms with Gasteiger partial charge in [0.05, 0.1) is 6.10 Å². The van der Waals surface area contributed by atoms with E-state index in [1.165, 1.54) is 0 Å². The molecule has 3 heteroatoms. The lowest BCUT2D eigenvalue weighted by atomic mass is 9.98. The van der Waals surface area contributed by atoms with Crippen LogP contribution in [0.5, 0.6) is 0 Å². The Bertz CT molecular complexity index is 477. The number of aryl methyl sites for hydroxylation is 1. The molecule has 1 aromatic carbocycles. The predicted molar refractivity (Wildman–Crippen MR) is 68.5 cm³/mol. The van der Waals surface area contributed by atoms with Crippen molar-refractivity contribution in [2.24, 2.45) is 0 Å². The molecule has 0 spiro atoms. The molecule has 0 saturated carbocycles. The van der Waals surface area contributed by atoms with E-state index in [4.69, 9.17) is 5.73 Å². The van der Waals surface area contributed by atoms with E-state index in [0.29, 0.717) is 12.2 Å². The summed E-state index contributed by atoms with van der Waals surface area (Å²) in [6.07, 6.45) is 1.60. The maximum absolute atomic E-state index is 10.2. The largest absolute Gasteiger partial charge is 0.388 e. The van der Waals surface area contributed by atoms with Crippen molar-refractivity contribution < 1.29 is 5.11 Å². The van der Waals surface area contributed by atoms with E-state index in [-0.39, 0.29) is 0 Å². The minimum atomic E-state index is -0.605. The van der Waals surface area contributed by atoms with Gasteiger partial charge in [-0.2, -0.15) is 0 Å². The first kappa shape index (κ1) is 11.6. The number of benzene rings is 1. The van der Waals surface area contributed by atoms with Crippen molar-refractivity contribution in [3.05, 3.63) is 59.3 Å². The Morgan fingerprint density at radius 3 is 2.59 bits per heavy atom. The molecule has 0 aliphatic rings. The summed E-state index contributed by atoms with van der Waals surface area (Å²) >= 11 is 0. The Morgan fingerprint density at radius 2 is 1.94 bits per heavy atom. The maximum Gasteiger partial charge on any atom is 0.129 e. The Balaban J connectivity index is 2.23. The zero-order chi connectivity index (χ0) is 12.3. The molecule has 0 fully saturated rings. The van der Waals surface area contributed by atoms with Gasteiger partial charge in [-0.15, -0.1) is 0 Å². The third-order valence-corrected chi connectivity index (χ3v) is 2.84. The van der Waals surface area contributed by atoms with Gasteiger partial charge in [-0.1, -0.05) is 30.3 Å². The van der Waals surface area contributed by atoms with E-state index in [1.54, 1.807) is 6.20 Å². The Labute approximate surface area is 101 Å². The van der Waals surface area contributed by atoms with Crippen LogP contribution in [0.1, 0.15) is 22.8 Å². The van der Waals surface area contributed by atoms with Crippen LogP contribution >= 0.6 is 0 Å². The van der Waals surface area contributed by atoms with Crippen molar-refractivity contribution in [1.29, 1.82) is 0 Å². The highest BCUT2D eigenvalue weighted by molar-refractivity contribution is 5.45. The van der Waals surface area contributed by atoms with E-state index in [1.807, 2.05) is 43.3 Å². The molecule has 3 nitrogen and oxygen atoms in total. The SMILES string of the molecule is Cc1ccnc(N)c1C(O)Cc1ccccc1. The Morgan fingerprint density at radius 1 is 1.24 bits per heavy atom. The van der Waals surface area contributed by atoms with Gasteiger partial charge in [0.15, 0.2) is 0 Å². The minimum Gasteiger partial charge on any atom is -0.388 e. The molecular weight excluding hydrogens is 212 g/mol. The van der Waals surface area contributed by atoms with E-state index in [9.17, 15) is 5.11 Å². The van der Waals surface area contributed by atoms with Gasteiger partial charge in [0.1, 0.15) is 5.82 Å². The second kappa shape index (κ2) is 4.97. The third kappa shape index (κ3) is 2.63. The number of rotatable bonds is 3. The molecule has 88 valence electrons. The van der Waals surface area contributed by atoms with Crippen LogP contribution < -0.4 is 5.73 Å². The maximum atomic E-state index is 10.2. The molecule has 1 unspecified atom stereocenters. The number of nitrogens with zero attached hydrogens (tertiary/aromatic N) is 1. The van der Waals surface area contributed by atoms with Crippen molar-refractivity contribution in [2.75, 3.05) is 5.73 Å². The predicted octanol–water partition coefficient (Wildman–Crippen LogP) is 2.25. The molecule has 1 atom stereocenters. The van der Waals surface area contributed by atoms with Gasteiger partial charge >= 0.3 is 0 Å². The fourth-order valence-corrected chi connectivity index (χ4v) is 1.96. The highest BCUT2D eigenvalue weighted by Gasteiger charge is 2.14. The van der Waals surface area contributed by atoms with Gasteiger partial charge in [-0.3, -0.25) is 0 Å². The molecule has 0 aliphatic heterocycles. The number of hydrogen-bond acceptors (Lipinski definition) is 3. The summed E-state index contributed by atoms with van der Waals surface area (Å²) in [4.78, 5) is 4.02. The molecule has 0 radical (unpaired) electrons. The Kier molecular flexibility index (Phi) is 3.40. The molecule has 0 saturated heterocycles. The molecule has 1 heterocycles. The zero-order valence-electron chi connectivity index (χ0n) is 9.80. The lowest BCUT2D eigenvalue weighted by Crippen LogP contribution is -2.08. The third-order valence-electron chi connectivity index (χ3n) is 2.84. The molecule has 0 bridgehead atoms. The van der Waals surface area contributed by atoms with Crippen molar-refractivity contribution in [1.82, 2.24) is 4.98 Å². The topological polar surface area (TPSA) is 59.1 Å². The van der Waals surface area contributed by atoms with Crippen LogP contribution in [0.3, 0.4) is 0 Å². The number of anilines is 1. The molecule has 0 amide bonds. The molecule has 1 aromatic heterocycles. The smallest absolute Gasteiger partial charge is 0.129 e. The first-order valence-corrected chi connectivity index (χ1v) is 5.61. The second-order valence-electron chi connectivity index (χ2n) is 4.13. The standard InChI is InChI=1S/C14H16N2O/c1-10-7-8-16-14(15)13(10)12(17)9-11-5-3-2-4-6-11/h2-8,12,17H,9H2,1H3,(H2,15,16). The number of aliphatic hydroxyl groups is 1. The van der Waals surface area contributed by atoms with Crippen molar-refractivity contribution in [3.8, 4) is 0 Å². The Hall–Kier alpha value is -1.87. The van der Waals surface area contributed by atoms with E-state index in [2.05, 4.69) is 4.98 Å². The second-order valence-corrected chi connectivity index (χ2v) is 4.13. The summed E-state index contributed by atoms with van der Waals surface area (Å²) in [6.45, 7) is 1.93. The van der Waals surface area contributed by atoms with Crippen LogP contribution in [0, 0.1) is 6.92 Å². The number of nitrogen functional groups attached to an aromatic ring is 1. The average molecular weight is 228 g/mol. The van der Waals surface area contributed by atoms with Gasteiger partial charge < -0.3 is 10.8 Å². The highest BCUT2D eigenvalue weighted by atomic mass is 16.3. The number of hydrogen-bond donors (Lipinski definition) is 2. The van der Waals surface area contributed by atoms with E-state index < -0.39 is 6.10 Å². The van der Waals surface area contributed by atoms with Gasteiger partial charge in [0.25, 0.3) is 0 Å². The van der Waals surface area contributed by atoms with Crippen molar-refractivity contribution in [2.45, 2.75) is 19.4 Å². The molecule has 0 aliphatic carbocycles. The monoisotopic (exact) mass is 228 g/mol. The molecular formula is C14H16N2O. The quantitative estimate of drug-likeness (QED) is 0.847. The van der Waals surface area contributed by atoms with Gasteiger partial charge in [0.2, 0.25) is 0 Å². The minimum absolute atomic E-state index is 0.411. The average Bonchev–Trinajstić information content (AvgIpc) is 2.30. The summed E-state index contributed by atoms with van der Waals surface area (Å²) in [6, 6.07) is 11.7. The lowest BCUT2D eigenvalue weighted by molar-refractivity contribution is 0.178. The van der Waals surface area contributed by atoms with E-state index >= 15 is 0 Å². The first-order valence-electron chi connectivity index (χ1n) is 5.61. The lowest BCUT2D eigenvalue weighted by Gasteiger charge is -2.15. The normalized spacial score (nSPS) is 12.4. The summed E-state index contributed by atoms with van der Waals surface area (Å²) < 4.78 is 0.